The third-order valence-corrected chi connectivity index (χ3v) is 1.70. The van der Waals surface area contributed by atoms with E-state index in [0.29, 0.717) is 5.75 Å². The number of rotatable bonds is 3. The third kappa shape index (κ3) is 2.74. The van der Waals surface area contributed by atoms with E-state index in [1.54, 1.807) is 0 Å². The standard InChI is InChI=1S/C11H12O4/c1-7(2)11(13)15-10-6-8(12)4-5-9(10)14-3/h4-6,12H,1H2,2-3H3. The van der Waals surface area contributed by atoms with Crippen molar-refractivity contribution in [3.63, 3.8) is 0 Å². The number of carbonyl (C=O) groups is 1. The van der Waals surface area contributed by atoms with Crippen molar-refractivity contribution in [2.75, 3.05) is 7.11 Å². The van der Waals surface area contributed by atoms with Crippen molar-refractivity contribution in [3.8, 4) is 17.2 Å². The zero-order chi connectivity index (χ0) is 11.4. The van der Waals surface area contributed by atoms with Gasteiger partial charge in [0, 0.05) is 11.6 Å². The van der Waals surface area contributed by atoms with Gasteiger partial charge in [0.15, 0.2) is 11.5 Å². The van der Waals surface area contributed by atoms with E-state index < -0.39 is 5.97 Å². The lowest BCUT2D eigenvalue weighted by molar-refractivity contribution is -0.130. The molecule has 0 heterocycles. The van der Waals surface area contributed by atoms with Crippen LogP contribution in [0.1, 0.15) is 6.92 Å². The number of benzene rings is 1. The molecular formula is C11H12O4. The lowest BCUT2D eigenvalue weighted by Gasteiger charge is -2.08. The maximum absolute atomic E-state index is 11.2. The number of esters is 1. The Morgan fingerprint density at radius 2 is 2.07 bits per heavy atom. The van der Waals surface area contributed by atoms with E-state index >= 15 is 0 Å². The first-order valence-corrected chi connectivity index (χ1v) is 4.29. The molecule has 80 valence electrons. The Hall–Kier alpha value is -1.97. The van der Waals surface area contributed by atoms with Gasteiger partial charge in [0.2, 0.25) is 0 Å². The first kappa shape index (κ1) is 11.1. The van der Waals surface area contributed by atoms with Crippen LogP contribution in [-0.4, -0.2) is 18.2 Å². The minimum atomic E-state index is -0.557. The van der Waals surface area contributed by atoms with Crippen LogP contribution in [0.25, 0.3) is 0 Å². The van der Waals surface area contributed by atoms with Gasteiger partial charge in [-0.2, -0.15) is 0 Å². The molecule has 15 heavy (non-hydrogen) atoms. The van der Waals surface area contributed by atoms with E-state index in [0.717, 1.165) is 0 Å². The molecule has 1 aromatic carbocycles. The zero-order valence-electron chi connectivity index (χ0n) is 8.61. The molecule has 4 heteroatoms. The maximum Gasteiger partial charge on any atom is 0.338 e. The fraction of sp³-hybridized carbons (Fsp3) is 0.182. The highest BCUT2D eigenvalue weighted by molar-refractivity contribution is 5.89. The van der Waals surface area contributed by atoms with Crippen molar-refractivity contribution < 1.29 is 19.4 Å². The smallest absolute Gasteiger partial charge is 0.338 e. The molecule has 0 atom stereocenters. The molecule has 0 aliphatic carbocycles. The van der Waals surface area contributed by atoms with Gasteiger partial charge in [-0.25, -0.2) is 4.79 Å². The van der Waals surface area contributed by atoms with Gasteiger partial charge in [-0.15, -0.1) is 0 Å². The number of methoxy groups -OCH3 is 1. The Balaban J connectivity index is 2.97. The third-order valence-electron chi connectivity index (χ3n) is 1.70. The van der Waals surface area contributed by atoms with Gasteiger partial charge in [0.05, 0.1) is 7.11 Å². The number of hydrogen-bond donors (Lipinski definition) is 1. The van der Waals surface area contributed by atoms with E-state index in [9.17, 15) is 9.90 Å². The highest BCUT2D eigenvalue weighted by Gasteiger charge is 2.11. The Morgan fingerprint density at radius 3 is 2.60 bits per heavy atom. The van der Waals surface area contributed by atoms with Crippen LogP contribution in [0.15, 0.2) is 30.4 Å². The van der Waals surface area contributed by atoms with Crippen LogP contribution >= 0.6 is 0 Å². The van der Waals surface area contributed by atoms with E-state index in [2.05, 4.69) is 6.58 Å². The van der Waals surface area contributed by atoms with Gasteiger partial charge >= 0.3 is 5.97 Å². The van der Waals surface area contributed by atoms with E-state index in [1.807, 2.05) is 0 Å². The molecule has 0 spiro atoms. The summed E-state index contributed by atoms with van der Waals surface area (Å²) >= 11 is 0. The quantitative estimate of drug-likeness (QED) is 0.468. The van der Waals surface area contributed by atoms with Crippen LogP contribution in [0.5, 0.6) is 17.2 Å². The molecule has 0 fully saturated rings. The summed E-state index contributed by atoms with van der Waals surface area (Å²) in [6.07, 6.45) is 0. The van der Waals surface area contributed by atoms with Crippen LogP contribution in [0, 0.1) is 0 Å². The summed E-state index contributed by atoms with van der Waals surface area (Å²) in [7, 11) is 1.45. The minimum Gasteiger partial charge on any atom is -0.508 e. The minimum absolute atomic E-state index is 0.000292. The normalized spacial score (nSPS) is 9.47. The van der Waals surface area contributed by atoms with Gasteiger partial charge < -0.3 is 14.6 Å². The Morgan fingerprint density at radius 1 is 1.40 bits per heavy atom. The first-order chi connectivity index (χ1) is 7.04. The number of phenols is 1. The van der Waals surface area contributed by atoms with Crippen LogP contribution in [-0.2, 0) is 4.79 Å². The van der Waals surface area contributed by atoms with Gasteiger partial charge in [-0.3, -0.25) is 0 Å². The van der Waals surface area contributed by atoms with Crippen molar-refractivity contribution in [2.45, 2.75) is 6.92 Å². The zero-order valence-corrected chi connectivity index (χ0v) is 8.61. The van der Waals surface area contributed by atoms with Crippen molar-refractivity contribution in [2.24, 2.45) is 0 Å². The molecule has 1 aromatic rings. The van der Waals surface area contributed by atoms with Crippen LogP contribution < -0.4 is 9.47 Å². The lowest BCUT2D eigenvalue weighted by Crippen LogP contribution is -2.08. The predicted octanol–water partition coefficient (Wildman–Crippen LogP) is 1.88. The topological polar surface area (TPSA) is 55.8 Å². The Kier molecular flexibility index (Phi) is 3.33. The van der Waals surface area contributed by atoms with Crippen LogP contribution in [0.4, 0.5) is 0 Å². The second kappa shape index (κ2) is 4.50. The second-order valence-corrected chi connectivity index (χ2v) is 3.01. The van der Waals surface area contributed by atoms with Crippen LogP contribution in [0.3, 0.4) is 0 Å². The summed E-state index contributed by atoms with van der Waals surface area (Å²) in [5.74, 6) is -0.00730. The van der Waals surface area contributed by atoms with Crippen molar-refractivity contribution in [1.29, 1.82) is 0 Å². The summed E-state index contributed by atoms with van der Waals surface area (Å²) in [5, 5.41) is 9.22. The van der Waals surface area contributed by atoms with E-state index in [4.69, 9.17) is 9.47 Å². The predicted molar refractivity (Wildman–Crippen MR) is 55.1 cm³/mol. The number of ether oxygens (including phenoxy) is 2. The maximum atomic E-state index is 11.2. The van der Waals surface area contributed by atoms with Gasteiger partial charge in [0.1, 0.15) is 5.75 Å². The van der Waals surface area contributed by atoms with Crippen molar-refractivity contribution in [3.05, 3.63) is 30.4 Å². The molecule has 0 amide bonds. The molecule has 0 aliphatic heterocycles. The average Bonchev–Trinajstić information content (AvgIpc) is 2.18. The molecule has 0 radical (unpaired) electrons. The molecule has 1 rings (SSSR count). The number of aromatic hydroxyl groups is 1. The van der Waals surface area contributed by atoms with Crippen LogP contribution in [0.2, 0.25) is 0 Å². The molecule has 1 N–H and O–H groups in total. The summed E-state index contributed by atoms with van der Waals surface area (Å²) in [5.41, 5.74) is 0.278. The fourth-order valence-electron chi connectivity index (χ4n) is 0.932. The molecule has 0 unspecified atom stereocenters. The molecule has 0 saturated heterocycles. The largest absolute Gasteiger partial charge is 0.508 e. The fourth-order valence-corrected chi connectivity index (χ4v) is 0.932. The second-order valence-electron chi connectivity index (χ2n) is 3.01. The molecule has 0 bridgehead atoms. The lowest BCUT2D eigenvalue weighted by atomic mass is 10.3. The Bertz CT molecular complexity index is 396. The highest BCUT2D eigenvalue weighted by atomic mass is 16.6. The van der Waals surface area contributed by atoms with Crippen molar-refractivity contribution >= 4 is 5.97 Å². The SMILES string of the molecule is C=C(C)C(=O)Oc1cc(O)ccc1OC. The summed E-state index contributed by atoms with van der Waals surface area (Å²) < 4.78 is 9.92. The molecular weight excluding hydrogens is 196 g/mol. The number of hydrogen-bond acceptors (Lipinski definition) is 4. The highest BCUT2D eigenvalue weighted by Crippen LogP contribution is 2.30. The number of phenolic OH excluding ortho intramolecular Hbond substituents is 1. The first-order valence-electron chi connectivity index (χ1n) is 4.29. The van der Waals surface area contributed by atoms with Gasteiger partial charge in [-0.05, 0) is 19.1 Å². The van der Waals surface area contributed by atoms with Crippen molar-refractivity contribution in [1.82, 2.24) is 0 Å². The Labute approximate surface area is 87.7 Å². The number of carbonyl (C=O) groups excluding carboxylic acids is 1. The van der Waals surface area contributed by atoms with E-state index in [-0.39, 0.29) is 17.1 Å². The summed E-state index contributed by atoms with van der Waals surface area (Å²) in [6, 6.07) is 4.26. The molecule has 0 aliphatic rings. The van der Waals surface area contributed by atoms with E-state index in [1.165, 1.54) is 32.2 Å². The molecule has 0 saturated carbocycles. The summed E-state index contributed by atoms with van der Waals surface area (Å²) in [6.45, 7) is 4.99. The molecule has 4 nitrogen and oxygen atoms in total. The van der Waals surface area contributed by atoms with Gasteiger partial charge in [-0.1, -0.05) is 6.58 Å². The van der Waals surface area contributed by atoms with Gasteiger partial charge in [0.25, 0.3) is 0 Å². The molecule has 0 aromatic heterocycles. The summed E-state index contributed by atoms with van der Waals surface area (Å²) in [4.78, 5) is 11.2. The average molecular weight is 208 g/mol. The monoisotopic (exact) mass is 208 g/mol.